The summed E-state index contributed by atoms with van der Waals surface area (Å²) in [5, 5.41) is 9.32. The molecule has 2 aliphatic rings. The number of ether oxygens (including phenoxy) is 3. The van der Waals surface area contributed by atoms with Gasteiger partial charge in [0.15, 0.2) is 12.6 Å². The molecule has 0 bridgehead atoms. The summed E-state index contributed by atoms with van der Waals surface area (Å²) in [6.45, 7) is 0.251. The molecule has 2 heterocycles. The third-order valence-corrected chi connectivity index (χ3v) is 4.21. The number of carbonyl (C=O) groups is 2. The van der Waals surface area contributed by atoms with Crippen molar-refractivity contribution in [3.05, 3.63) is 58.4 Å². The van der Waals surface area contributed by atoms with Crippen LogP contribution in [0.25, 0.3) is 0 Å². The van der Waals surface area contributed by atoms with Crippen molar-refractivity contribution < 1.29 is 33.3 Å². The molecular formula is C18H13FO6. The molecule has 7 heteroatoms. The second kappa shape index (κ2) is 5.86. The fourth-order valence-electron chi connectivity index (χ4n) is 3.08. The van der Waals surface area contributed by atoms with Crippen molar-refractivity contribution in [2.45, 2.75) is 19.1 Å². The maximum Gasteiger partial charge on any atom is 0.335 e. The fourth-order valence-corrected chi connectivity index (χ4v) is 3.08. The number of carboxylic acid groups (broad SMARTS) is 1. The number of hydrogen-bond acceptors (Lipinski definition) is 5. The number of fused-ring (bicyclic) bond motifs is 2. The molecule has 0 spiro atoms. The van der Waals surface area contributed by atoms with Gasteiger partial charge in [-0.1, -0.05) is 0 Å². The molecule has 128 valence electrons. The van der Waals surface area contributed by atoms with E-state index in [-0.39, 0.29) is 42.5 Å². The molecule has 0 saturated heterocycles. The van der Waals surface area contributed by atoms with E-state index in [1.165, 1.54) is 24.3 Å². The molecule has 0 aliphatic carbocycles. The van der Waals surface area contributed by atoms with Gasteiger partial charge in [0, 0.05) is 11.1 Å². The molecule has 1 N–H and O–H groups in total. The van der Waals surface area contributed by atoms with Gasteiger partial charge in [0.1, 0.15) is 23.4 Å². The molecule has 0 radical (unpaired) electrons. The van der Waals surface area contributed by atoms with E-state index < -0.39 is 17.9 Å². The average Bonchev–Trinajstić information content (AvgIpc) is 2.61. The van der Waals surface area contributed by atoms with Crippen LogP contribution in [0, 0.1) is 5.82 Å². The molecule has 4 rings (SSSR count). The standard InChI is InChI=1S/C18H13FO6/c19-11-1-2-15-12(5-11)14(20)6-16(25-15)13-4-9(18(21)22)3-10-7-23-8-24-17(10)13/h1-5,16H,6-8H2,(H,21,22)/t16-/m1/s1. The van der Waals surface area contributed by atoms with Crippen LogP contribution in [0.2, 0.25) is 0 Å². The summed E-state index contributed by atoms with van der Waals surface area (Å²) in [7, 11) is 0. The van der Waals surface area contributed by atoms with E-state index in [0.29, 0.717) is 16.9 Å². The second-order valence-electron chi connectivity index (χ2n) is 5.84. The van der Waals surface area contributed by atoms with Crippen LogP contribution < -0.4 is 9.47 Å². The minimum absolute atomic E-state index is 0.0316. The van der Waals surface area contributed by atoms with Crippen molar-refractivity contribution in [2.24, 2.45) is 0 Å². The van der Waals surface area contributed by atoms with Gasteiger partial charge in [0.25, 0.3) is 0 Å². The summed E-state index contributed by atoms with van der Waals surface area (Å²) in [4.78, 5) is 23.8. The Balaban J connectivity index is 1.79. The first kappa shape index (κ1) is 15.6. The highest BCUT2D eigenvalue weighted by Crippen LogP contribution is 2.41. The lowest BCUT2D eigenvalue weighted by atomic mass is 9.93. The Morgan fingerprint density at radius 1 is 1.24 bits per heavy atom. The molecule has 2 aliphatic heterocycles. The van der Waals surface area contributed by atoms with Crippen molar-refractivity contribution in [2.75, 3.05) is 6.79 Å². The highest BCUT2D eigenvalue weighted by Gasteiger charge is 2.32. The quantitative estimate of drug-likeness (QED) is 0.901. The molecule has 1 atom stereocenters. The highest BCUT2D eigenvalue weighted by atomic mass is 19.1. The summed E-state index contributed by atoms with van der Waals surface area (Å²) < 4.78 is 29.9. The summed E-state index contributed by atoms with van der Waals surface area (Å²) in [5.41, 5.74) is 1.30. The van der Waals surface area contributed by atoms with Crippen molar-refractivity contribution in [3.63, 3.8) is 0 Å². The number of hydrogen-bond donors (Lipinski definition) is 1. The minimum atomic E-state index is -1.10. The number of rotatable bonds is 2. The Labute approximate surface area is 141 Å². The van der Waals surface area contributed by atoms with Crippen LogP contribution >= 0.6 is 0 Å². The summed E-state index contributed by atoms with van der Waals surface area (Å²) in [6, 6.07) is 6.67. The third-order valence-electron chi connectivity index (χ3n) is 4.21. The molecule has 0 saturated carbocycles. The number of carboxylic acids is 1. The van der Waals surface area contributed by atoms with Crippen molar-refractivity contribution in [1.82, 2.24) is 0 Å². The average molecular weight is 344 g/mol. The first-order valence-corrected chi connectivity index (χ1v) is 7.63. The van der Waals surface area contributed by atoms with Gasteiger partial charge in [-0.15, -0.1) is 0 Å². The maximum absolute atomic E-state index is 13.3. The van der Waals surface area contributed by atoms with E-state index in [2.05, 4.69) is 0 Å². The van der Waals surface area contributed by atoms with Gasteiger partial charge in [0.05, 0.1) is 24.2 Å². The number of carbonyl (C=O) groups excluding carboxylic acids is 1. The molecule has 0 amide bonds. The van der Waals surface area contributed by atoms with Crippen LogP contribution in [0.3, 0.4) is 0 Å². The minimum Gasteiger partial charge on any atom is -0.484 e. The Bertz CT molecular complexity index is 891. The molecule has 0 fully saturated rings. The lowest BCUT2D eigenvalue weighted by molar-refractivity contribution is -0.0184. The Hall–Kier alpha value is -2.93. The fraction of sp³-hybridized carbons (Fsp3) is 0.222. The van der Waals surface area contributed by atoms with E-state index in [1.807, 2.05) is 0 Å². The van der Waals surface area contributed by atoms with E-state index in [1.54, 1.807) is 0 Å². The first-order chi connectivity index (χ1) is 12.0. The normalized spacial score (nSPS) is 18.6. The lowest BCUT2D eigenvalue weighted by Gasteiger charge is -2.29. The van der Waals surface area contributed by atoms with Gasteiger partial charge in [-0.25, -0.2) is 9.18 Å². The van der Waals surface area contributed by atoms with Gasteiger partial charge < -0.3 is 19.3 Å². The van der Waals surface area contributed by atoms with Gasteiger partial charge in [-0.3, -0.25) is 4.79 Å². The monoisotopic (exact) mass is 344 g/mol. The zero-order chi connectivity index (χ0) is 17.6. The van der Waals surface area contributed by atoms with E-state index in [0.717, 1.165) is 6.07 Å². The highest BCUT2D eigenvalue weighted by molar-refractivity contribution is 6.00. The number of ketones is 1. The van der Waals surface area contributed by atoms with E-state index >= 15 is 0 Å². The van der Waals surface area contributed by atoms with Crippen LogP contribution in [0.1, 0.15) is 44.4 Å². The molecule has 0 unspecified atom stereocenters. The van der Waals surface area contributed by atoms with Crippen molar-refractivity contribution in [3.8, 4) is 11.5 Å². The van der Waals surface area contributed by atoms with Crippen LogP contribution in [-0.2, 0) is 11.3 Å². The Kier molecular flexibility index (Phi) is 3.65. The summed E-state index contributed by atoms with van der Waals surface area (Å²) in [6.07, 6.45) is -0.743. The zero-order valence-electron chi connectivity index (χ0n) is 13.0. The molecular weight excluding hydrogens is 331 g/mol. The maximum atomic E-state index is 13.3. The number of Topliss-reactive ketones (excluding diaryl/α,β-unsaturated/α-hetero) is 1. The molecule has 2 aromatic rings. The topological polar surface area (TPSA) is 82.1 Å². The summed E-state index contributed by atoms with van der Waals surface area (Å²) in [5.74, 6) is -1.14. The van der Waals surface area contributed by atoms with E-state index in [9.17, 15) is 19.1 Å². The second-order valence-corrected chi connectivity index (χ2v) is 5.84. The summed E-state index contributed by atoms with van der Waals surface area (Å²) >= 11 is 0. The van der Waals surface area contributed by atoms with Crippen LogP contribution in [0.4, 0.5) is 4.39 Å². The lowest BCUT2D eigenvalue weighted by Crippen LogP contribution is -2.23. The molecule has 25 heavy (non-hydrogen) atoms. The molecule has 0 aromatic heterocycles. The number of aromatic carboxylic acids is 1. The smallest absolute Gasteiger partial charge is 0.335 e. The predicted molar refractivity (Wildman–Crippen MR) is 82.4 cm³/mol. The van der Waals surface area contributed by atoms with Crippen LogP contribution in [-0.4, -0.2) is 23.7 Å². The van der Waals surface area contributed by atoms with Crippen LogP contribution in [0.15, 0.2) is 30.3 Å². The molecule has 2 aromatic carbocycles. The van der Waals surface area contributed by atoms with Crippen LogP contribution in [0.5, 0.6) is 11.5 Å². The zero-order valence-corrected chi connectivity index (χ0v) is 13.0. The third kappa shape index (κ3) is 2.72. The van der Waals surface area contributed by atoms with Gasteiger partial charge in [-0.05, 0) is 30.3 Å². The Morgan fingerprint density at radius 2 is 2.08 bits per heavy atom. The van der Waals surface area contributed by atoms with Gasteiger partial charge >= 0.3 is 5.97 Å². The van der Waals surface area contributed by atoms with Gasteiger partial charge in [-0.2, -0.15) is 0 Å². The predicted octanol–water partition coefficient (Wildman–Crippen LogP) is 3.10. The Morgan fingerprint density at radius 3 is 2.88 bits per heavy atom. The van der Waals surface area contributed by atoms with Crippen molar-refractivity contribution >= 4 is 11.8 Å². The first-order valence-electron chi connectivity index (χ1n) is 7.63. The van der Waals surface area contributed by atoms with Gasteiger partial charge in [0.2, 0.25) is 0 Å². The van der Waals surface area contributed by atoms with Crippen molar-refractivity contribution in [1.29, 1.82) is 0 Å². The molecule has 6 nitrogen and oxygen atoms in total. The largest absolute Gasteiger partial charge is 0.484 e. The number of benzene rings is 2. The van der Waals surface area contributed by atoms with E-state index in [4.69, 9.17) is 14.2 Å². The number of halogens is 1. The SMILES string of the molecule is O=C(O)c1cc2c(c([C@H]3CC(=O)c4cc(F)ccc4O3)c1)OCOC2.